The van der Waals surface area contributed by atoms with Crippen molar-refractivity contribution in [2.75, 3.05) is 0 Å². The molecular formula is C16H23BrN6OS2. The number of benzene rings is 1. The van der Waals surface area contributed by atoms with Crippen molar-refractivity contribution in [3.05, 3.63) is 34.3 Å². The van der Waals surface area contributed by atoms with Crippen LogP contribution in [0.2, 0.25) is 0 Å². The first kappa shape index (κ1) is 22.7. The highest BCUT2D eigenvalue weighted by atomic mass is 79.9. The van der Waals surface area contributed by atoms with Crippen LogP contribution < -0.4 is 11.5 Å². The SMILES string of the molecule is N=C(N)SC(=N)CCCCC(=N)SC(N)=NC(O)Cc1cccc(Br)c1. The van der Waals surface area contributed by atoms with Gasteiger partial charge in [0.15, 0.2) is 16.6 Å². The average molecular weight is 459 g/mol. The molecule has 1 aromatic rings. The van der Waals surface area contributed by atoms with Crippen LogP contribution >= 0.6 is 39.5 Å². The molecule has 0 aromatic heterocycles. The maximum atomic E-state index is 10.0. The van der Waals surface area contributed by atoms with E-state index >= 15 is 0 Å². The predicted octanol–water partition coefficient (Wildman–Crippen LogP) is 3.50. The second-order valence-corrected chi connectivity index (χ2v) is 8.57. The number of aliphatic imine (C=N–C) groups is 1. The minimum absolute atomic E-state index is 0.0799. The van der Waals surface area contributed by atoms with Gasteiger partial charge < -0.3 is 16.6 Å². The molecule has 1 unspecified atom stereocenters. The van der Waals surface area contributed by atoms with E-state index < -0.39 is 6.23 Å². The zero-order valence-electron chi connectivity index (χ0n) is 14.2. The number of hydrogen-bond acceptors (Lipinski definition) is 7. The van der Waals surface area contributed by atoms with Crippen LogP contribution in [-0.2, 0) is 6.42 Å². The number of unbranched alkanes of at least 4 members (excludes halogenated alkanes) is 1. The third kappa shape index (κ3) is 10.6. The van der Waals surface area contributed by atoms with Crippen molar-refractivity contribution in [3.63, 3.8) is 0 Å². The summed E-state index contributed by atoms with van der Waals surface area (Å²) in [5, 5.41) is 33.4. The minimum atomic E-state index is -0.950. The molecule has 0 heterocycles. The molecule has 0 aliphatic rings. The highest BCUT2D eigenvalue weighted by molar-refractivity contribution is 9.10. The number of aliphatic hydroxyl groups is 1. The van der Waals surface area contributed by atoms with Gasteiger partial charge in [-0.15, -0.1) is 0 Å². The van der Waals surface area contributed by atoms with E-state index in [4.69, 9.17) is 27.7 Å². The number of rotatable bonds is 8. The molecule has 0 fully saturated rings. The van der Waals surface area contributed by atoms with Gasteiger partial charge in [0.2, 0.25) is 0 Å². The summed E-state index contributed by atoms with van der Waals surface area (Å²) in [6.45, 7) is 0. The topological polar surface area (TPSA) is 156 Å². The van der Waals surface area contributed by atoms with E-state index in [-0.39, 0.29) is 10.3 Å². The summed E-state index contributed by atoms with van der Waals surface area (Å²) in [4.78, 5) is 4.01. The van der Waals surface area contributed by atoms with Crippen LogP contribution in [0.5, 0.6) is 0 Å². The maximum Gasteiger partial charge on any atom is 0.162 e. The number of thioether (sulfide) groups is 2. The quantitative estimate of drug-likeness (QED) is 0.199. The number of hydrogen-bond donors (Lipinski definition) is 6. The molecule has 10 heteroatoms. The standard InChI is InChI=1S/C16H23BrN6OS2/c17-11-5-3-4-10(8-11)9-14(24)23-16(22)26-13(19)7-2-1-6-12(18)25-15(20)21/h3-5,8,14,18-19,24H,1-2,6-7,9H2,(H3,20,21)(H2,22,23). The molecule has 0 aliphatic heterocycles. The number of halogens is 1. The highest BCUT2D eigenvalue weighted by Crippen LogP contribution is 2.16. The third-order valence-electron chi connectivity index (χ3n) is 3.10. The van der Waals surface area contributed by atoms with Gasteiger partial charge in [-0.2, -0.15) is 0 Å². The summed E-state index contributed by atoms with van der Waals surface area (Å²) in [5.74, 6) is 0. The van der Waals surface area contributed by atoms with Crippen LogP contribution in [0.1, 0.15) is 31.2 Å². The molecule has 0 bridgehead atoms. The summed E-state index contributed by atoms with van der Waals surface area (Å²) < 4.78 is 0.935. The van der Waals surface area contributed by atoms with Crippen LogP contribution in [0.15, 0.2) is 33.7 Å². The first-order valence-corrected chi connectivity index (χ1v) is 10.3. The second kappa shape index (κ2) is 12.1. The number of aliphatic hydroxyl groups excluding tert-OH is 1. The largest absolute Gasteiger partial charge is 0.378 e. The Kier molecular flexibility index (Phi) is 10.6. The molecule has 7 nitrogen and oxygen atoms in total. The van der Waals surface area contributed by atoms with Crippen molar-refractivity contribution in [1.82, 2.24) is 0 Å². The van der Waals surface area contributed by atoms with Crippen LogP contribution in [0.25, 0.3) is 0 Å². The monoisotopic (exact) mass is 458 g/mol. The first-order chi connectivity index (χ1) is 12.3. The summed E-state index contributed by atoms with van der Waals surface area (Å²) in [6, 6.07) is 7.60. The normalized spacial score (nSPS) is 12.6. The summed E-state index contributed by atoms with van der Waals surface area (Å²) in [6.07, 6.45) is 1.95. The van der Waals surface area contributed by atoms with Gasteiger partial charge in [-0.05, 0) is 66.9 Å². The van der Waals surface area contributed by atoms with Crippen molar-refractivity contribution in [1.29, 1.82) is 16.2 Å². The van der Waals surface area contributed by atoms with Crippen molar-refractivity contribution < 1.29 is 5.11 Å². The molecule has 0 saturated heterocycles. The lowest BCUT2D eigenvalue weighted by atomic mass is 10.1. The smallest absolute Gasteiger partial charge is 0.162 e. The molecule has 142 valence electrons. The lowest BCUT2D eigenvalue weighted by Crippen LogP contribution is -2.16. The Morgan fingerprint density at radius 3 is 2.31 bits per heavy atom. The molecule has 0 aliphatic carbocycles. The van der Waals surface area contributed by atoms with E-state index in [1.54, 1.807) is 0 Å². The Labute approximate surface area is 170 Å². The van der Waals surface area contributed by atoms with Crippen molar-refractivity contribution in [2.45, 2.75) is 38.3 Å². The zero-order chi connectivity index (χ0) is 19.5. The van der Waals surface area contributed by atoms with Gasteiger partial charge in [-0.1, -0.05) is 28.1 Å². The van der Waals surface area contributed by atoms with E-state index in [1.807, 2.05) is 24.3 Å². The lowest BCUT2D eigenvalue weighted by molar-refractivity contribution is 0.185. The molecule has 0 spiro atoms. The van der Waals surface area contributed by atoms with Gasteiger partial charge >= 0.3 is 0 Å². The fourth-order valence-electron chi connectivity index (χ4n) is 2.03. The maximum absolute atomic E-state index is 10.0. The van der Waals surface area contributed by atoms with Gasteiger partial charge in [0.1, 0.15) is 0 Å². The second-order valence-electron chi connectivity index (χ2n) is 5.40. The van der Waals surface area contributed by atoms with E-state index in [0.29, 0.717) is 29.3 Å². The molecular weight excluding hydrogens is 436 g/mol. The number of nitrogens with zero attached hydrogens (tertiary/aromatic N) is 1. The van der Waals surface area contributed by atoms with E-state index in [0.717, 1.165) is 46.4 Å². The van der Waals surface area contributed by atoms with Crippen LogP contribution in [0.3, 0.4) is 0 Å². The average Bonchev–Trinajstić information content (AvgIpc) is 2.50. The Morgan fingerprint density at radius 2 is 1.73 bits per heavy atom. The van der Waals surface area contributed by atoms with Crippen molar-refractivity contribution in [3.8, 4) is 0 Å². The fourth-order valence-corrected chi connectivity index (χ4v) is 3.66. The van der Waals surface area contributed by atoms with Crippen molar-refractivity contribution in [2.24, 2.45) is 16.5 Å². The van der Waals surface area contributed by atoms with E-state index in [9.17, 15) is 5.11 Å². The van der Waals surface area contributed by atoms with Gasteiger partial charge in [0.05, 0.1) is 10.1 Å². The molecule has 26 heavy (non-hydrogen) atoms. The lowest BCUT2D eigenvalue weighted by Gasteiger charge is -2.08. The van der Waals surface area contributed by atoms with E-state index in [2.05, 4.69) is 20.9 Å². The van der Waals surface area contributed by atoms with Crippen LogP contribution in [0, 0.1) is 16.2 Å². The molecule has 1 atom stereocenters. The Morgan fingerprint density at radius 1 is 1.12 bits per heavy atom. The molecule has 1 rings (SSSR count). The molecule has 8 N–H and O–H groups in total. The summed E-state index contributed by atoms with van der Waals surface area (Å²) in [7, 11) is 0. The minimum Gasteiger partial charge on any atom is -0.378 e. The number of nitrogens with one attached hydrogen (secondary N) is 3. The first-order valence-electron chi connectivity index (χ1n) is 7.86. The predicted molar refractivity (Wildman–Crippen MR) is 116 cm³/mol. The molecule has 0 saturated carbocycles. The van der Waals surface area contributed by atoms with E-state index in [1.165, 1.54) is 0 Å². The Bertz CT molecular complexity index is 682. The fraction of sp³-hybridized carbons (Fsp3) is 0.375. The molecule has 1 aromatic carbocycles. The Hall–Kier alpha value is -1.36. The van der Waals surface area contributed by atoms with Gasteiger partial charge in [0.25, 0.3) is 0 Å². The van der Waals surface area contributed by atoms with Crippen molar-refractivity contribution >= 4 is 59.9 Å². The van der Waals surface area contributed by atoms with Crippen LogP contribution in [-0.4, -0.2) is 31.8 Å². The highest BCUT2D eigenvalue weighted by Gasteiger charge is 2.08. The van der Waals surface area contributed by atoms with Gasteiger partial charge in [0, 0.05) is 10.9 Å². The zero-order valence-corrected chi connectivity index (χ0v) is 17.4. The van der Waals surface area contributed by atoms with Crippen LogP contribution in [0.4, 0.5) is 0 Å². The number of amidine groups is 2. The van der Waals surface area contributed by atoms with Gasteiger partial charge in [-0.3, -0.25) is 16.2 Å². The molecule has 0 radical (unpaired) electrons. The summed E-state index contributed by atoms with van der Waals surface area (Å²) in [5.41, 5.74) is 11.9. The summed E-state index contributed by atoms with van der Waals surface area (Å²) >= 11 is 5.37. The Balaban J connectivity index is 2.31. The molecule has 0 amide bonds. The third-order valence-corrected chi connectivity index (χ3v) is 5.03. The number of nitrogens with two attached hydrogens (primary N) is 2. The van der Waals surface area contributed by atoms with Gasteiger partial charge in [-0.25, -0.2) is 4.99 Å².